The van der Waals surface area contributed by atoms with Crippen molar-refractivity contribution in [1.82, 2.24) is 4.90 Å². The van der Waals surface area contributed by atoms with E-state index in [1.807, 2.05) is 0 Å². The van der Waals surface area contributed by atoms with Gasteiger partial charge >= 0.3 is 10.1 Å². The average Bonchev–Trinajstić information content (AvgIpc) is 3.12. The maximum Gasteiger partial charge on any atom is 0.339 e. The molecule has 1 aliphatic heterocycles. The number of nitrogens with one attached hydrogen (secondary N) is 1. The highest BCUT2D eigenvalue weighted by molar-refractivity contribution is 8.18. The summed E-state index contributed by atoms with van der Waals surface area (Å²) in [7, 11) is -2.75. The molecule has 3 aromatic carbocycles. The quantitative estimate of drug-likeness (QED) is 0.309. The molecule has 190 valence electrons. The van der Waals surface area contributed by atoms with E-state index < -0.39 is 33.7 Å². The highest BCUT2D eigenvalue weighted by atomic mass is 35.5. The first kappa shape index (κ1) is 26.3. The van der Waals surface area contributed by atoms with Gasteiger partial charge in [0.1, 0.15) is 11.4 Å². The number of imide groups is 1. The highest BCUT2D eigenvalue weighted by Crippen LogP contribution is 2.35. The Labute approximate surface area is 222 Å². The Hall–Kier alpha value is -3.80. The lowest BCUT2D eigenvalue weighted by atomic mass is 10.2. The van der Waals surface area contributed by atoms with E-state index in [1.165, 1.54) is 43.5 Å². The number of benzene rings is 3. The summed E-state index contributed by atoms with van der Waals surface area (Å²) in [5.41, 5.74) is 0.888. The standard InChI is InChI=1S/C25H19ClN2O7S2/c1-34-21-12-16(10-11-20(21)35-37(32,33)19-8-3-2-4-9-19)13-22-24(30)28(25(31)36-22)15-23(29)27-18-7-5-6-17(26)14-18/h2-14H,15H2,1H3,(H,27,29)/b22-13-. The minimum Gasteiger partial charge on any atom is -0.493 e. The molecule has 0 aliphatic carbocycles. The Morgan fingerprint density at radius 2 is 1.78 bits per heavy atom. The summed E-state index contributed by atoms with van der Waals surface area (Å²) >= 11 is 6.59. The van der Waals surface area contributed by atoms with Crippen LogP contribution in [0.25, 0.3) is 6.08 Å². The second-order valence-corrected chi connectivity index (χ2v) is 10.6. The Kier molecular flexibility index (Phi) is 7.86. The Balaban J connectivity index is 1.48. The lowest BCUT2D eigenvalue weighted by molar-refractivity contribution is -0.127. The van der Waals surface area contributed by atoms with Crippen LogP contribution >= 0.6 is 23.4 Å². The normalized spacial score (nSPS) is 14.6. The molecule has 1 fully saturated rings. The lowest BCUT2D eigenvalue weighted by Gasteiger charge is -2.12. The number of thioether (sulfide) groups is 1. The number of ether oxygens (including phenoxy) is 1. The van der Waals surface area contributed by atoms with E-state index in [1.54, 1.807) is 42.5 Å². The maximum atomic E-state index is 12.8. The molecule has 0 unspecified atom stereocenters. The van der Waals surface area contributed by atoms with Crippen molar-refractivity contribution in [1.29, 1.82) is 0 Å². The highest BCUT2D eigenvalue weighted by Gasteiger charge is 2.36. The van der Waals surface area contributed by atoms with Gasteiger partial charge in [-0.1, -0.05) is 41.9 Å². The summed E-state index contributed by atoms with van der Waals surface area (Å²) in [6.07, 6.45) is 1.44. The van der Waals surface area contributed by atoms with Gasteiger partial charge in [0.05, 0.1) is 12.0 Å². The fraction of sp³-hybridized carbons (Fsp3) is 0.0800. The zero-order chi connectivity index (χ0) is 26.6. The number of carbonyl (C=O) groups excluding carboxylic acids is 3. The Morgan fingerprint density at radius 3 is 2.49 bits per heavy atom. The molecular weight excluding hydrogens is 540 g/mol. The molecule has 12 heteroatoms. The van der Waals surface area contributed by atoms with E-state index in [-0.39, 0.29) is 21.3 Å². The summed E-state index contributed by atoms with van der Waals surface area (Å²) < 4.78 is 35.6. The Morgan fingerprint density at radius 1 is 1.03 bits per heavy atom. The first-order valence-corrected chi connectivity index (χ1v) is 13.2. The number of hydrogen-bond acceptors (Lipinski definition) is 8. The van der Waals surface area contributed by atoms with Gasteiger partial charge in [0, 0.05) is 10.7 Å². The third kappa shape index (κ3) is 6.31. The molecule has 0 atom stereocenters. The van der Waals surface area contributed by atoms with Crippen LogP contribution in [-0.4, -0.2) is 44.0 Å². The molecule has 0 spiro atoms. The summed E-state index contributed by atoms with van der Waals surface area (Å²) in [5, 5.41) is 2.42. The molecule has 9 nitrogen and oxygen atoms in total. The number of anilines is 1. The fourth-order valence-corrected chi connectivity index (χ4v) is 5.28. The van der Waals surface area contributed by atoms with Crippen LogP contribution in [0.3, 0.4) is 0 Å². The largest absolute Gasteiger partial charge is 0.493 e. The van der Waals surface area contributed by atoms with Crippen molar-refractivity contribution in [2.45, 2.75) is 4.90 Å². The van der Waals surface area contributed by atoms with Gasteiger partial charge in [0.15, 0.2) is 11.5 Å². The molecule has 3 aromatic rings. The second-order valence-electron chi connectivity index (χ2n) is 7.59. The Bertz CT molecular complexity index is 1510. The predicted octanol–water partition coefficient (Wildman–Crippen LogP) is 4.79. The van der Waals surface area contributed by atoms with Crippen molar-refractivity contribution >= 4 is 62.3 Å². The summed E-state index contributed by atoms with van der Waals surface area (Å²) in [6.45, 7) is -0.470. The van der Waals surface area contributed by atoms with E-state index in [4.69, 9.17) is 20.5 Å². The molecule has 3 amide bonds. The summed E-state index contributed by atoms with van der Waals surface area (Å²) in [6, 6.07) is 18.5. The topological polar surface area (TPSA) is 119 Å². The third-order valence-corrected chi connectivity index (χ3v) is 7.39. The monoisotopic (exact) mass is 558 g/mol. The van der Waals surface area contributed by atoms with E-state index in [2.05, 4.69) is 5.32 Å². The van der Waals surface area contributed by atoms with Crippen molar-refractivity contribution in [3.05, 3.63) is 88.3 Å². The molecule has 0 bridgehead atoms. The van der Waals surface area contributed by atoms with Gasteiger partial charge in [-0.15, -0.1) is 0 Å². The maximum absolute atomic E-state index is 12.8. The summed E-state index contributed by atoms with van der Waals surface area (Å²) in [4.78, 5) is 38.5. The van der Waals surface area contributed by atoms with Gasteiger partial charge in [0.25, 0.3) is 11.1 Å². The van der Waals surface area contributed by atoms with Crippen LogP contribution in [0.1, 0.15) is 5.56 Å². The molecule has 37 heavy (non-hydrogen) atoms. The molecule has 1 N–H and O–H groups in total. The van der Waals surface area contributed by atoms with Crippen LogP contribution in [0.5, 0.6) is 11.5 Å². The van der Waals surface area contributed by atoms with E-state index in [9.17, 15) is 22.8 Å². The van der Waals surface area contributed by atoms with Crippen LogP contribution in [0.2, 0.25) is 5.02 Å². The molecule has 0 saturated carbocycles. The van der Waals surface area contributed by atoms with Crippen LogP contribution < -0.4 is 14.2 Å². The smallest absolute Gasteiger partial charge is 0.339 e. The number of amides is 3. The third-order valence-electron chi connectivity index (χ3n) is 5.00. The van der Waals surface area contributed by atoms with Crippen LogP contribution in [0, 0.1) is 0 Å². The number of hydrogen-bond donors (Lipinski definition) is 1. The molecular formula is C25H19ClN2O7S2. The number of rotatable bonds is 8. The van der Waals surface area contributed by atoms with Crippen molar-refractivity contribution in [2.75, 3.05) is 19.0 Å². The number of nitrogens with zero attached hydrogens (tertiary/aromatic N) is 1. The first-order chi connectivity index (χ1) is 17.7. The van der Waals surface area contributed by atoms with Crippen LogP contribution in [0.4, 0.5) is 10.5 Å². The zero-order valence-electron chi connectivity index (χ0n) is 19.2. The zero-order valence-corrected chi connectivity index (χ0v) is 21.6. The van der Waals surface area contributed by atoms with Crippen molar-refractivity contribution in [3.63, 3.8) is 0 Å². The molecule has 4 rings (SSSR count). The number of methoxy groups -OCH3 is 1. The number of carbonyl (C=O) groups is 3. The minimum atomic E-state index is -4.09. The summed E-state index contributed by atoms with van der Waals surface area (Å²) in [5.74, 6) is -1.14. The van der Waals surface area contributed by atoms with Crippen molar-refractivity contribution < 1.29 is 31.7 Å². The van der Waals surface area contributed by atoms with E-state index >= 15 is 0 Å². The molecule has 0 aromatic heterocycles. The minimum absolute atomic E-state index is 0.0193. The predicted molar refractivity (Wildman–Crippen MR) is 140 cm³/mol. The van der Waals surface area contributed by atoms with E-state index in [0.717, 1.165) is 4.90 Å². The van der Waals surface area contributed by atoms with Gasteiger partial charge in [-0.2, -0.15) is 8.42 Å². The second kappa shape index (κ2) is 11.1. The fourth-order valence-electron chi connectivity index (χ4n) is 3.29. The van der Waals surface area contributed by atoms with Gasteiger partial charge in [-0.05, 0) is 65.9 Å². The molecule has 1 aliphatic rings. The van der Waals surface area contributed by atoms with Gasteiger partial charge in [-0.25, -0.2) is 0 Å². The van der Waals surface area contributed by atoms with Crippen molar-refractivity contribution in [3.8, 4) is 11.5 Å². The van der Waals surface area contributed by atoms with Gasteiger partial charge in [0.2, 0.25) is 5.91 Å². The average molecular weight is 559 g/mol. The number of halogens is 1. The van der Waals surface area contributed by atoms with Crippen LogP contribution in [-0.2, 0) is 19.7 Å². The molecule has 0 radical (unpaired) electrons. The SMILES string of the molecule is COc1cc(/C=C2\SC(=O)N(CC(=O)Nc3cccc(Cl)c3)C2=O)ccc1OS(=O)(=O)c1ccccc1. The van der Waals surface area contributed by atoms with Crippen LogP contribution in [0.15, 0.2) is 82.6 Å². The lowest BCUT2D eigenvalue weighted by Crippen LogP contribution is -2.36. The molecule has 1 saturated heterocycles. The first-order valence-electron chi connectivity index (χ1n) is 10.6. The van der Waals surface area contributed by atoms with Gasteiger partial charge in [-0.3, -0.25) is 19.3 Å². The van der Waals surface area contributed by atoms with Gasteiger partial charge < -0.3 is 14.2 Å². The van der Waals surface area contributed by atoms with Crippen molar-refractivity contribution in [2.24, 2.45) is 0 Å². The molecule has 1 heterocycles. The van der Waals surface area contributed by atoms with E-state index in [0.29, 0.717) is 28.0 Å².